The van der Waals surface area contributed by atoms with Crippen LogP contribution in [0.3, 0.4) is 0 Å². The number of likely N-dealkylation sites (tertiary alicyclic amines) is 1. The molecule has 220 valence electrons. The van der Waals surface area contributed by atoms with Gasteiger partial charge in [-0.05, 0) is 73.2 Å². The van der Waals surface area contributed by atoms with Crippen molar-refractivity contribution in [3.8, 4) is 11.1 Å². The summed E-state index contributed by atoms with van der Waals surface area (Å²) in [6, 6.07) is 10.6. The molecule has 0 atom stereocenters. The number of imide groups is 1. The quantitative estimate of drug-likeness (QED) is 0.445. The number of rotatable bonds is 7. The fraction of sp³-hybridized carbons (Fsp3) is 0.333. The molecule has 2 aliphatic heterocycles. The van der Waals surface area contributed by atoms with E-state index in [1.807, 2.05) is 30.9 Å². The van der Waals surface area contributed by atoms with E-state index in [9.17, 15) is 34.2 Å². The number of carboxylic acid groups (broad SMARTS) is 2. The number of carbonyl (C=O) groups excluding carboxylic acids is 3. The van der Waals surface area contributed by atoms with Gasteiger partial charge in [0, 0.05) is 42.8 Å². The predicted molar refractivity (Wildman–Crippen MR) is 155 cm³/mol. The van der Waals surface area contributed by atoms with E-state index >= 15 is 0 Å². The molecule has 0 aromatic heterocycles. The number of aliphatic imine (C=N–C) groups is 1. The van der Waals surface area contributed by atoms with Gasteiger partial charge in [0.1, 0.15) is 5.84 Å². The van der Waals surface area contributed by atoms with E-state index in [0.717, 1.165) is 42.6 Å². The maximum absolute atomic E-state index is 13.6. The number of carbonyl (C=O) groups is 5. The zero-order valence-corrected chi connectivity index (χ0v) is 23.5. The van der Waals surface area contributed by atoms with Gasteiger partial charge < -0.3 is 25.7 Å². The van der Waals surface area contributed by atoms with E-state index in [-0.39, 0.29) is 41.0 Å². The van der Waals surface area contributed by atoms with Crippen LogP contribution >= 0.6 is 0 Å². The van der Waals surface area contributed by atoms with Gasteiger partial charge in [0.05, 0.1) is 12.2 Å². The van der Waals surface area contributed by atoms with E-state index in [4.69, 9.17) is 5.73 Å². The highest BCUT2D eigenvalue weighted by Gasteiger charge is 2.31. The predicted octanol–water partition coefficient (Wildman–Crippen LogP) is 4.10. The first-order valence-corrected chi connectivity index (χ1v) is 13.7. The summed E-state index contributed by atoms with van der Waals surface area (Å²) >= 11 is 0. The highest BCUT2D eigenvalue weighted by molar-refractivity contribution is 6.14. The van der Waals surface area contributed by atoms with Crippen LogP contribution in [-0.2, 0) is 9.59 Å². The van der Waals surface area contributed by atoms with Gasteiger partial charge in [-0.15, -0.1) is 0 Å². The standard InChI is InChI=1S/C30H33N5O7/c1-3-10-34(17-25(31)36)28(38)22-15-21-14-19(7-9-24(21)32-26(16-22)35(29(39)40)30(41)42)23-8-6-20(13-18(23)2)27(37)33-11-4-5-12-33/h6-9,13-15H,3-5,10-12,16-17H2,1-2H3,(H2,31,36)(H,39,40)(H,41,42). The molecule has 1 fully saturated rings. The number of benzene rings is 2. The van der Waals surface area contributed by atoms with E-state index < -0.39 is 30.4 Å². The summed E-state index contributed by atoms with van der Waals surface area (Å²) in [6.07, 6.45) is 0.103. The third-order valence-corrected chi connectivity index (χ3v) is 7.18. The third kappa shape index (κ3) is 6.48. The molecule has 4 N–H and O–H groups in total. The molecule has 12 heteroatoms. The highest BCUT2D eigenvalue weighted by atomic mass is 16.4. The Morgan fingerprint density at radius 1 is 1.00 bits per heavy atom. The van der Waals surface area contributed by atoms with Crippen molar-refractivity contribution in [1.82, 2.24) is 14.7 Å². The number of hydrogen-bond donors (Lipinski definition) is 3. The van der Waals surface area contributed by atoms with Gasteiger partial charge in [-0.3, -0.25) is 14.4 Å². The number of amides is 5. The van der Waals surface area contributed by atoms with Gasteiger partial charge in [0.25, 0.3) is 11.8 Å². The number of primary amides is 1. The number of nitrogens with two attached hydrogens (primary N) is 1. The topological polar surface area (TPSA) is 174 Å². The Bertz CT molecular complexity index is 1490. The normalized spacial score (nSPS) is 14.3. The van der Waals surface area contributed by atoms with Gasteiger partial charge >= 0.3 is 12.2 Å². The second-order valence-electron chi connectivity index (χ2n) is 10.3. The summed E-state index contributed by atoms with van der Waals surface area (Å²) in [6.45, 7) is 5.06. The first kappa shape index (κ1) is 30.0. The lowest BCUT2D eigenvalue weighted by Crippen LogP contribution is -2.42. The van der Waals surface area contributed by atoms with Crippen LogP contribution in [0.2, 0.25) is 0 Å². The summed E-state index contributed by atoms with van der Waals surface area (Å²) in [5.41, 5.74) is 9.17. The van der Waals surface area contributed by atoms with Gasteiger partial charge in [-0.25, -0.2) is 14.6 Å². The lowest BCUT2D eigenvalue weighted by molar-refractivity contribution is -0.132. The summed E-state index contributed by atoms with van der Waals surface area (Å²) in [5.74, 6) is -1.69. The highest BCUT2D eigenvalue weighted by Crippen LogP contribution is 2.34. The lowest BCUT2D eigenvalue weighted by atomic mass is 9.95. The SMILES string of the molecule is CCCN(CC(N)=O)C(=O)C1=Cc2cc(-c3ccc(C(=O)N4CCCC4)cc3C)ccc2N=C(N(C(=O)O)C(=O)O)C1. The summed E-state index contributed by atoms with van der Waals surface area (Å²) in [5, 5.41) is 19.2. The minimum absolute atomic E-state index is 0.00829. The summed E-state index contributed by atoms with van der Waals surface area (Å²) < 4.78 is 0. The van der Waals surface area contributed by atoms with Crippen LogP contribution in [0.25, 0.3) is 17.2 Å². The molecule has 0 aliphatic carbocycles. The fourth-order valence-electron chi connectivity index (χ4n) is 5.23. The number of amidine groups is 1. The van der Waals surface area contributed by atoms with Gasteiger partial charge in [0.15, 0.2) is 0 Å². The van der Waals surface area contributed by atoms with Gasteiger partial charge in [-0.1, -0.05) is 19.1 Å². The van der Waals surface area contributed by atoms with Gasteiger partial charge in [-0.2, -0.15) is 4.90 Å². The Morgan fingerprint density at radius 3 is 2.29 bits per heavy atom. The third-order valence-electron chi connectivity index (χ3n) is 7.18. The molecule has 2 aliphatic rings. The molecule has 0 saturated carbocycles. The zero-order chi connectivity index (χ0) is 30.6. The van der Waals surface area contributed by atoms with Crippen molar-refractivity contribution in [1.29, 1.82) is 0 Å². The number of hydrogen-bond acceptors (Lipinski definition) is 6. The molecule has 0 spiro atoms. The molecule has 1 saturated heterocycles. The van der Waals surface area contributed by atoms with Crippen molar-refractivity contribution in [3.05, 3.63) is 58.7 Å². The monoisotopic (exact) mass is 575 g/mol. The molecule has 2 heterocycles. The van der Waals surface area contributed by atoms with Crippen molar-refractivity contribution in [3.63, 3.8) is 0 Å². The van der Waals surface area contributed by atoms with Crippen LogP contribution in [0.4, 0.5) is 15.3 Å². The lowest BCUT2D eigenvalue weighted by Gasteiger charge is -2.23. The van der Waals surface area contributed by atoms with Gasteiger partial charge in [0.2, 0.25) is 5.91 Å². The van der Waals surface area contributed by atoms with Crippen molar-refractivity contribution in [2.45, 2.75) is 39.5 Å². The molecule has 5 amide bonds. The first-order chi connectivity index (χ1) is 20.0. The maximum Gasteiger partial charge on any atom is 0.422 e. The second-order valence-corrected chi connectivity index (χ2v) is 10.3. The Hall–Kier alpha value is -5.00. The molecular weight excluding hydrogens is 542 g/mol. The fourth-order valence-corrected chi connectivity index (χ4v) is 5.23. The Balaban J connectivity index is 1.78. The second kappa shape index (κ2) is 12.7. The van der Waals surface area contributed by atoms with Crippen LogP contribution in [0.5, 0.6) is 0 Å². The van der Waals surface area contributed by atoms with Crippen LogP contribution in [0.15, 0.2) is 47.0 Å². The van der Waals surface area contributed by atoms with Crippen molar-refractivity contribution >= 4 is 47.5 Å². The van der Waals surface area contributed by atoms with Crippen molar-refractivity contribution < 1.29 is 34.2 Å². The minimum atomic E-state index is -1.77. The van der Waals surface area contributed by atoms with Crippen LogP contribution < -0.4 is 5.73 Å². The molecule has 4 rings (SSSR count). The van der Waals surface area contributed by atoms with E-state index in [1.54, 1.807) is 24.3 Å². The van der Waals surface area contributed by atoms with Crippen molar-refractivity contribution in [2.75, 3.05) is 26.2 Å². The Morgan fingerprint density at radius 2 is 1.69 bits per heavy atom. The number of nitrogens with zero attached hydrogens (tertiary/aromatic N) is 4. The molecule has 0 bridgehead atoms. The van der Waals surface area contributed by atoms with E-state index in [0.29, 0.717) is 17.5 Å². The molecule has 2 aromatic carbocycles. The largest absolute Gasteiger partial charge is 0.464 e. The molecule has 42 heavy (non-hydrogen) atoms. The Labute approximate surface area is 242 Å². The average molecular weight is 576 g/mol. The first-order valence-electron chi connectivity index (χ1n) is 13.7. The van der Waals surface area contributed by atoms with Crippen LogP contribution in [0, 0.1) is 6.92 Å². The summed E-state index contributed by atoms with van der Waals surface area (Å²) in [4.78, 5) is 69.2. The summed E-state index contributed by atoms with van der Waals surface area (Å²) in [7, 11) is 0. The van der Waals surface area contributed by atoms with Crippen LogP contribution in [0.1, 0.15) is 54.1 Å². The molecule has 12 nitrogen and oxygen atoms in total. The molecule has 0 unspecified atom stereocenters. The smallest absolute Gasteiger partial charge is 0.422 e. The van der Waals surface area contributed by atoms with Crippen molar-refractivity contribution in [2.24, 2.45) is 10.7 Å². The minimum Gasteiger partial charge on any atom is -0.464 e. The molecule has 2 aromatic rings. The van der Waals surface area contributed by atoms with Crippen LogP contribution in [-0.4, -0.2) is 86.8 Å². The molecule has 0 radical (unpaired) electrons. The average Bonchev–Trinajstić information content (AvgIpc) is 3.40. The number of aryl methyl sites for hydroxylation is 1. The zero-order valence-electron chi connectivity index (χ0n) is 23.5. The number of fused-ring (bicyclic) bond motifs is 1. The maximum atomic E-state index is 13.6. The van der Waals surface area contributed by atoms with E-state index in [1.165, 1.54) is 11.0 Å². The Kier molecular flexibility index (Phi) is 9.04. The molecular formula is C30H33N5O7. The van der Waals surface area contributed by atoms with E-state index in [2.05, 4.69) is 4.99 Å².